The number of aryl methyl sites for hydroxylation is 2. The zero-order chi connectivity index (χ0) is 25.5. The first-order valence-corrected chi connectivity index (χ1v) is 12.3. The van der Waals surface area contributed by atoms with E-state index in [1.165, 1.54) is 0 Å². The number of aliphatic hydroxyl groups is 1. The van der Waals surface area contributed by atoms with E-state index in [9.17, 15) is 5.11 Å². The molecule has 0 radical (unpaired) electrons. The van der Waals surface area contributed by atoms with Crippen LogP contribution < -0.4 is 4.74 Å². The van der Waals surface area contributed by atoms with E-state index < -0.39 is 6.10 Å². The zero-order valence-corrected chi connectivity index (χ0v) is 21.4. The van der Waals surface area contributed by atoms with Crippen LogP contribution in [-0.4, -0.2) is 45.1 Å². The standard InChI is InChI=1S/C29H35N3O4/c1-21(2)35-20-25(33)17-31(18-27-14-9-15-34-27)19-28-23(4)30-32(24-11-6-5-7-12-24)29(28)36-26-13-8-10-22(3)16-26/h5-16,21,25,33H,17-20H2,1-4H3. The van der Waals surface area contributed by atoms with Crippen LogP contribution in [0.3, 0.4) is 0 Å². The first kappa shape index (κ1) is 25.7. The fourth-order valence-corrected chi connectivity index (χ4v) is 4.05. The van der Waals surface area contributed by atoms with E-state index in [4.69, 9.17) is 19.0 Å². The lowest BCUT2D eigenvalue weighted by Crippen LogP contribution is -2.35. The summed E-state index contributed by atoms with van der Waals surface area (Å²) in [5, 5.41) is 15.6. The SMILES string of the molecule is Cc1cccc(Oc2c(CN(Cc3ccco3)CC(O)COC(C)C)c(C)nn2-c2ccccc2)c1. The van der Waals surface area contributed by atoms with Gasteiger partial charge in [0, 0.05) is 13.1 Å². The van der Waals surface area contributed by atoms with Gasteiger partial charge in [-0.05, 0) is 69.7 Å². The summed E-state index contributed by atoms with van der Waals surface area (Å²) >= 11 is 0. The highest BCUT2D eigenvalue weighted by molar-refractivity contribution is 5.43. The van der Waals surface area contributed by atoms with E-state index >= 15 is 0 Å². The summed E-state index contributed by atoms with van der Waals surface area (Å²) in [7, 11) is 0. The smallest absolute Gasteiger partial charge is 0.227 e. The minimum absolute atomic E-state index is 0.0545. The van der Waals surface area contributed by atoms with Crippen LogP contribution in [0.1, 0.15) is 36.4 Å². The topological polar surface area (TPSA) is 72.9 Å². The maximum absolute atomic E-state index is 10.7. The van der Waals surface area contributed by atoms with Crippen LogP contribution in [0.25, 0.3) is 5.69 Å². The molecule has 0 spiro atoms. The quantitative estimate of drug-likeness (QED) is 0.277. The van der Waals surface area contributed by atoms with Gasteiger partial charge >= 0.3 is 0 Å². The molecule has 4 rings (SSSR count). The molecule has 2 aromatic heterocycles. The maximum Gasteiger partial charge on any atom is 0.227 e. The second kappa shape index (κ2) is 12.0. The van der Waals surface area contributed by atoms with Crippen LogP contribution in [0.2, 0.25) is 0 Å². The molecule has 1 unspecified atom stereocenters. The molecule has 7 nitrogen and oxygen atoms in total. The van der Waals surface area contributed by atoms with Crippen molar-refractivity contribution < 1.29 is 19.0 Å². The third-order valence-electron chi connectivity index (χ3n) is 5.77. The third kappa shape index (κ3) is 6.85. The fourth-order valence-electron chi connectivity index (χ4n) is 4.05. The Bertz CT molecular complexity index is 1220. The lowest BCUT2D eigenvalue weighted by atomic mass is 10.2. The summed E-state index contributed by atoms with van der Waals surface area (Å²) in [6.45, 7) is 9.67. The highest BCUT2D eigenvalue weighted by Crippen LogP contribution is 2.32. The molecule has 2 heterocycles. The van der Waals surface area contributed by atoms with E-state index in [-0.39, 0.29) is 12.7 Å². The molecule has 2 aromatic carbocycles. The number of rotatable bonds is 12. The molecule has 1 atom stereocenters. The Morgan fingerprint density at radius 2 is 1.81 bits per heavy atom. The van der Waals surface area contributed by atoms with Crippen molar-refractivity contribution >= 4 is 0 Å². The normalized spacial score (nSPS) is 12.4. The van der Waals surface area contributed by atoms with E-state index in [2.05, 4.69) is 4.90 Å². The Morgan fingerprint density at radius 1 is 1.00 bits per heavy atom. The number of para-hydroxylation sites is 1. The fraction of sp³-hybridized carbons (Fsp3) is 0.345. The van der Waals surface area contributed by atoms with Gasteiger partial charge in [0.15, 0.2) is 0 Å². The highest BCUT2D eigenvalue weighted by atomic mass is 16.5. The van der Waals surface area contributed by atoms with Gasteiger partial charge in [0.1, 0.15) is 11.5 Å². The second-order valence-electron chi connectivity index (χ2n) is 9.32. The van der Waals surface area contributed by atoms with Gasteiger partial charge in [0.25, 0.3) is 0 Å². The zero-order valence-electron chi connectivity index (χ0n) is 21.4. The Kier molecular flexibility index (Phi) is 8.59. The molecule has 0 saturated carbocycles. The van der Waals surface area contributed by atoms with Crippen molar-refractivity contribution in [3.8, 4) is 17.3 Å². The third-order valence-corrected chi connectivity index (χ3v) is 5.77. The van der Waals surface area contributed by atoms with E-state index in [1.807, 2.05) is 99.1 Å². The number of aromatic nitrogens is 2. The Labute approximate surface area is 212 Å². The molecule has 0 fully saturated rings. The van der Waals surface area contributed by atoms with Crippen molar-refractivity contribution in [2.75, 3.05) is 13.2 Å². The van der Waals surface area contributed by atoms with Gasteiger partial charge in [-0.3, -0.25) is 4.90 Å². The van der Waals surface area contributed by atoms with Gasteiger partial charge in [-0.15, -0.1) is 0 Å². The number of hydrogen-bond donors (Lipinski definition) is 1. The number of ether oxygens (including phenoxy) is 2. The average Bonchev–Trinajstić information content (AvgIpc) is 3.47. The average molecular weight is 490 g/mol. The molecule has 1 N–H and O–H groups in total. The molecular formula is C29H35N3O4. The molecule has 4 aromatic rings. The Hall–Kier alpha value is -3.39. The largest absolute Gasteiger partial charge is 0.468 e. The lowest BCUT2D eigenvalue weighted by molar-refractivity contribution is -0.0114. The minimum atomic E-state index is -0.645. The molecule has 0 amide bonds. The summed E-state index contributed by atoms with van der Waals surface area (Å²) in [6, 6.07) is 21.7. The summed E-state index contributed by atoms with van der Waals surface area (Å²) in [5.41, 5.74) is 3.84. The first-order valence-electron chi connectivity index (χ1n) is 12.3. The molecule has 36 heavy (non-hydrogen) atoms. The number of nitrogens with zero attached hydrogens (tertiary/aromatic N) is 3. The van der Waals surface area contributed by atoms with Gasteiger partial charge < -0.3 is 19.0 Å². The predicted molar refractivity (Wildman–Crippen MR) is 139 cm³/mol. The molecular weight excluding hydrogens is 454 g/mol. The van der Waals surface area contributed by atoms with Crippen molar-refractivity contribution in [1.29, 1.82) is 0 Å². The van der Waals surface area contributed by atoms with E-state index in [0.717, 1.165) is 34.0 Å². The Morgan fingerprint density at radius 3 is 2.50 bits per heavy atom. The van der Waals surface area contributed by atoms with Gasteiger partial charge in [0.2, 0.25) is 5.88 Å². The van der Waals surface area contributed by atoms with Crippen LogP contribution in [0.4, 0.5) is 0 Å². The number of hydrogen-bond acceptors (Lipinski definition) is 6. The minimum Gasteiger partial charge on any atom is -0.468 e. The van der Waals surface area contributed by atoms with Crippen molar-refractivity contribution in [3.05, 3.63) is 95.6 Å². The summed E-state index contributed by atoms with van der Waals surface area (Å²) in [5.74, 6) is 2.22. The molecule has 0 aliphatic carbocycles. The molecule has 0 aliphatic rings. The van der Waals surface area contributed by atoms with Crippen molar-refractivity contribution in [2.24, 2.45) is 0 Å². The Balaban J connectivity index is 1.67. The van der Waals surface area contributed by atoms with Gasteiger partial charge in [-0.25, -0.2) is 4.68 Å². The van der Waals surface area contributed by atoms with E-state index in [1.54, 1.807) is 6.26 Å². The number of furan rings is 1. The maximum atomic E-state index is 10.7. The van der Waals surface area contributed by atoms with E-state index in [0.29, 0.717) is 25.5 Å². The van der Waals surface area contributed by atoms with Crippen LogP contribution in [0, 0.1) is 13.8 Å². The van der Waals surface area contributed by atoms with Gasteiger partial charge in [-0.2, -0.15) is 5.10 Å². The first-order chi connectivity index (χ1) is 17.4. The van der Waals surface area contributed by atoms with Crippen molar-refractivity contribution in [3.63, 3.8) is 0 Å². The lowest BCUT2D eigenvalue weighted by Gasteiger charge is -2.25. The van der Waals surface area contributed by atoms with Crippen LogP contribution in [0.5, 0.6) is 11.6 Å². The molecule has 0 aliphatic heterocycles. The van der Waals surface area contributed by atoms with Crippen LogP contribution in [-0.2, 0) is 17.8 Å². The number of aliphatic hydroxyl groups excluding tert-OH is 1. The number of benzene rings is 2. The summed E-state index contributed by atoms with van der Waals surface area (Å²) < 4.78 is 19.6. The molecule has 0 bridgehead atoms. The monoisotopic (exact) mass is 489 g/mol. The van der Waals surface area contributed by atoms with Gasteiger partial charge in [0.05, 0.1) is 48.6 Å². The summed E-state index contributed by atoms with van der Waals surface area (Å²) in [4.78, 5) is 2.13. The highest BCUT2D eigenvalue weighted by Gasteiger charge is 2.23. The predicted octanol–water partition coefficient (Wildman–Crippen LogP) is 5.66. The molecule has 7 heteroatoms. The van der Waals surface area contributed by atoms with Crippen LogP contribution in [0.15, 0.2) is 77.4 Å². The van der Waals surface area contributed by atoms with Crippen LogP contribution >= 0.6 is 0 Å². The molecule has 190 valence electrons. The molecule has 0 saturated heterocycles. The second-order valence-corrected chi connectivity index (χ2v) is 9.32. The van der Waals surface area contributed by atoms with Crippen molar-refractivity contribution in [2.45, 2.75) is 53.0 Å². The summed E-state index contributed by atoms with van der Waals surface area (Å²) in [6.07, 6.45) is 1.07. The van der Waals surface area contributed by atoms with Gasteiger partial charge in [-0.1, -0.05) is 30.3 Å². The van der Waals surface area contributed by atoms with Crippen molar-refractivity contribution in [1.82, 2.24) is 14.7 Å².